The maximum absolute atomic E-state index is 6.36. The van der Waals surface area contributed by atoms with Crippen LogP contribution in [0.25, 0.3) is 0 Å². The number of hydrogen-bond acceptors (Lipinski definition) is 2. The Hall–Kier alpha value is -1.73. The summed E-state index contributed by atoms with van der Waals surface area (Å²) in [7, 11) is 1.54. The Morgan fingerprint density at radius 2 is 1.62 bits per heavy atom. The number of nitrogens with zero attached hydrogens (tertiary/aromatic N) is 2. The van der Waals surface area contributed by atoms with Crippen LogP contribution in [0.15, 0.2) is 72.9 Å². The smallest absolute Gasteiger partial charge is 0.129 e. The summed E-state index contributed by atoms with van der Waals surface area (Å²) in [4.78, 5) is 6.88. The van der Waals surface area contributed by atoms with Gasteiger partial charge in [0.2, 0.25) is 0 Å². The molecule has 1 aliphatic heterocycles. The lowest BCUT2D eigenvalue weighted by Crippen LogP contribution is -2.28. The Morgan fingerprint density at radius 3 is 2.15 bits per heavy atom. The molecular formula is C22H22ClN2P. The van der Waals surface area contributed by atoms with E-state index in [-0.39, 0.29) is 0 Å². The van der Waals surface area contributed by atoms with Crippen molar-refractivity contribution in [2.45, 2.75) is 18.9 Å². The topological polar surface area (TPSA) is 16.1 Å². The van der Waals surface area contributed by atoms with E-state index in [1.807, 2.05) is 6.20 Å². The number of aromatic nitrogens is 1. The molecule has 1 aromatic heterocycles. The molecule has 26 heavy (non-hydrogen) atoms. The summed E-state index contributed by atoms with van der Waals surface area (Å²) in [5.41, 5.74) is 1.33. The molecule has 4 rings (SSSR count). The standard InChI is InChI=1S/C22H22ClN2P/c1-25-14-8-13-20(25)19-16-24-22(23)15-21(19)26(17-9-4-2-5-10-17)18-11-6-3-7-12-18/h2-7,9-12,15-16,20H,8,13-14H2,1H3/t20-/m1/s1. The quantitative estimate of drug-likeness (QED) is 0.496. The van der Waals surface area contributed by atoms with E-state index >= 15 is 0 Å². The minimum Gasteiger partial charge on any atom is -0.299 e. The van der Waals surface area contributed by atoms with Crippen LogP contribution in [0, 0.1) is 0 Å². The summed E-state index contributed by atoms with van der Waals surface area (Å²) in [5, 5.41) is 4.59. The van der Waals surface area contributed by atoms with Gasteiger partial charge in [-0.1, -0.05) is 72.3 Å². The van der Waals surface area contributed by atoms with Crippen molar-refractivity contribution in [2.24, 2.45) is 0 Å². The van der Waals surface area contributed by atoms with Gasteiger partial charge in [-0.25, -0.2) is 4.98 Å². The fourth-order valence-electron chi connectivity index (χ4n) is 3.77. The maximum Gasteiger partial charge on any atom is 0.129 e. The lowest BCUT2D eigenvalue weighted by atomic mass is 10.1. The summed E-state index contributed by atoms with van der Waals surface area (Å²) in [6.07, 6.45) is 4.42. The highest BCUT2D eigenvalue weighted by Crippen LogP contribution is 2.39. The number of likely N-dealkylation sites (tertiary alicyclic amines) is 1. The Labute approximate surface area is 161 Å². The molecule has 1 atom stereocenters. The van der Waals surface area contributed by atoms with Crippen LogP contribution in [0.5, 0.6) is 0 Å². The number of halogens is 1. The number of benzene rings is 2. The van der Waals surface area contributed by atoms with Crippen molar-refractivity contribution in [3.05, 3.63) is 83.6 Å². The first-order chi connectivity index (χ1) is 12.7. The van der Waals surface area contributed by atoms with Gasteiger partial charge in [-0.3, -0.25) is 4.90 Å². The summed E-state index contributed by atoms with van der Waals surface area (Å²) >= 11 is 6.36. The molecule has 0 aliphatic carbocycles. The fraction of sp³-hybridized carbons (Fsp3) is 0.227. The minimum atomic E-state index is -0.669. The van der Waals surface area contributed by atoms with Crippen LogP contribution in [0.3, 0.4) is 0 Å². The Bertz CT molecular complexity index is 830. The molecule has 1 aliphatic rings. The van der Waals surface area contributed by atoms with Gasteiger partial charge < -0.3 is 0 Å². The number of rotatable bonds is 4. The Balaban J connectivity index is 1.90. The van der Waals surface area contributed by atoms with Crippen LogP contribution in [0.4, 0.5) is 0 Å². The third-order valence-electron chi connectivity index (χ3n) is 5.03. The molecule has 3 aromatic rings. The van der Waals surface area contributed by atoms with Gasteiger partial charge in [-0.05, 0) is 61.9 Å². The van der Waals surface area contributed by atoms with E-state index in [2.05, 4.69) is 83.7 Å². The maximum atomic E-state index is 6.36. The van der Waals surface area contributed by atoms with Crippen molar-refractivity contribution < 1.29 is 0 Å². The van der Waals surface area contributed by atoms with Crippen molar-refractivity contribution in [3.8, 4) is 0 Å². The van der Waals surface area contributed by atoms with Crippen LogP contribution < -0.4 is 15.9 Å². The first-order valence-electron chi connectivity index (χ1n) is 9.00. The lowest BCUT2D eigenvalue weighted by molar-refractivity contribution is 0.318. The Morgan fingerprint density at radius 1 is 1.00 bits per heavy atom. The van der Waals surface area contributed by atoms with Crippen LogP contribution in [-0.2, 0) is 0 Å². The van der Waals surface area contributed by atoms with Crippen molar-refractivity contribution >= 4 is 35.4 Å². The molecule has 4 heteroatoms. The van der Waals surface area contributed by atoms with E-state index in [0.29, 0.717) is 11.2 Å². The van der Waals surface area contributed by atoms with Gasteiger partial charge in [0, 0.05) is 12.2 Å². The summed E-state index contributed by atoms with van der Waals surface area (Å²) < 4.78 is 0. The minimum absolute atomic E-state index is 0.423. The van der Waals surface area contributed by atoms with E-state index < -0.39 is 7.92 Å². The molecule has 2 nitrogen and oxygen atoms in total. The predicted molar refractivity (Wildman–Crippen MR) is 113 cm³/mol. The number of pyridine rings is 1. The van der Waals surface area contributed by atoms with Crippen LogP contribution in [0.2, 0.25) is 5.15 Å². The summed E-state index contributed by atoms with van der Waals surface area (Å²) in [5.74, 6) is 0. The molecule has 1 saturated heterocycles. The molecule has 0 unspecified atom stereocenters. The van der Waals surface area contributed by atoms with Crippen molar-refractivity contribution in [2.75, 3.05) is 13.6 Å². The molecule has 0 amide bonds. The first-order valence-corrected chi connectivity index (χ1v) is 10.7. The van der Waals surface area contributed by atoms with E-state index in [4.69, 9.17) is 11.6 Å². The molecule has 132 valence electrons. The molecule has 0 bridgehead atoms. The molecule has 0 radical (unpaired) electrons. The summed E-state index contributed by atoms with van der Waals surface area (Å²) in [6, 6.07) is 24.1. The highest BCUT2D eigenvalue weighted by molar-refractivity contribution is 7.79. The monoisotopic (exact) mass is 380 g/mol. The van der Waals surface area contributed by atoms with Gasteiger partial charge in [-0.15, -0.1) is 0 Å². The highest BCUT2D eigenvalue weighted by Gasteiger charge is 2.29. The Kier molecular flexibility index (Phi) is 5.36. The zero-order valence-corrected chi connectivity index (χ0v) is 16.5. The van der Waals surface area contributed by atoms with Crippen molar-refractivity contribution in [1.82, 2.24) is 9.88 Å². The molecular weight excluding hydrogens is 359 g/mol. The fourth-order valence-corrected chi connectivity index (χ4v) is 6.51. The summed E-state index contributed by atoms with van der Waals surface area (Å²) in [6.45, 7) is 1.14. The zero-order valence-electron chi connectivity index (χ0n) is 14.8. The average molecular weight is 381 g/mol. The van der Waals surface area contributed by atoms with E-state index in [9.17, 15) is 0 Å². The second kappa shape index (κ2) is 7.88. The zero-order chi connectivity index (χ0) is 17.9. The molecule has 0 N–H and O–H groups in total. The third kappa shape index (κ3) is 3.55. The van der Waals surface area contributed by atoms with E-state index in [1.54, 1.807) is 0 Å². The third-order valence-corrected chi connectivity index (χ3v) is 7.73. The van der Waals surface area contributed by atoms with Crippen molar-refractivity contribution in [1.29, 1.82) is 0 Å². The second-order valence-corrected chi connectivity index (χ2v) is 9.28. The highest BCUT2D eigenvalue weighted by atomic mass is 35.5. The normalized spacial score (nSPS) is 17.7. The average Bonchev–Trinajstić information content (AvgIpc) is 3.10. The van der Waals surface area contributed by atoms with Gasteiger partial charge in [0.25, 0.3) is 0 Å². The van der Waals surface area contributed by atoms with Gasteiger partial charge in [0.15, 0.2) is 0 Å². The van der Waals surface area contributed by atoms with Gasteiger partial charge in [-0.2, -0.15) is 0 Å². The first kappa shape index (κ1) is 17.7. The van der Waals surface area contributed by atoms with Crippen molar-refractivity contribution in [3.63, 3.8) is 0 Å². The van der Waals surface area contributed by atoms with Gasteiger partial charge in [0.05, 0.1) is 0 Å². The lowest BCUT2D eigenvalue weighted by Gasteiger charge is -2.27. The second-order valence-electron chi connectivity index (χ2n) is 6.71. The van der Waals surface area contributed by atoms with Crippen LogP contribution >= 0.6 is 19.5 Å². The van der Waals surface area contributed by atoms with Gasteiger partial charge in [0.1, 0.15) is 5.15 Å². The number of hydrogen-bond donors (Lipinski definition) is 0. The molecule has 2 aromatic carbocycles. The van der Waals surface area contributed by atoms with E-state index in [1.165, 1.54) is 34.3 Å². The largest absolute Gasteiger partial charge is 0.299 e. The predicted octanol–water partition coefficient (Wildman–Crippen LogP) is 4.26. The van der Waals surface area contributed by atoms with Crippen LogP contribution in [0.1, 0.15) is 24.4 Å². The van der Waals surface area contributed by atoms with Gasteiger partial charge >= 0.3 is 0 Å². The molecule has 0 saturated carbocycles. The SMILES string of the molecule is CN1CCC[C@@H]1c1cnc(Cl)cc1P(c1ccccc1)c1ccccc1. The molecule has 0 spiro atoms. The van der Waals surface area contributed by atoms with E-state index in [0.717, 1.165) is 6.54 Å². The molecule has 1 fully saturated rings. The molecule has 2 heterocycles. The van der Waals surface area contributed by atoms with Crippen LogP contribution in [-0.4, -0.2) is 23.5 Å².